The Hall–Kier alpha value is -0.830. The molecule has 7 heteroatoms. The van der Waals surface area contributed by atoms with E-state index in [0.717, 1.165) is 6.20 Å². The van der Waals surface area contributed by atoms with Crippen molar-refractivity contribution in [1.29, 1.82) is 0 Å². The average Bonchev–Trinajstić information content (AvgIpc) is 2.16. The molecule has 0 fully saturated rings. The summed E-state index contributed by atoms with van der Waals surface area (Å²) >= 11 is 1.84. The van der Waals surface area contributed by atoms with Gasteiger partial charge in [-0.05, 0) is 28.2 Å². The molecular weight excluding hydrogens is 333 g/mol. The molecule has 88 valence electrons. The van der Waals surface area contributed by atoms with Crippen molar-refractivity contribution >= 4 is 28.6 Å². The van der Waals surface area contributed by atoms with Crippen molar-refractivity contribution < 1.29 is 18.7 Å². The Kier molecular flexibility index (Phi) is 4.54. The summed E-state index contributed by atoms with van der Waals surface area (Å²) in [6, 6.07) is 0. The molecule has 3 N–H and O–H groups in total. The number of nitrogens with zero attached hydrogens (tertiary/aromatic N) is 1. The molecule has 1 rings (SSSR count). The number of halogens is 3. The third kappa shape index (κ3) is 2.85. The topological polar surface area (TPSA) is 76.2 Å². The van der Waals surface area contributed by atoms with Crippen LogP contribution >= 0.6 is 22.6 Å². The maximum absolute atomic E-state index is 12.6. The highest BCUT2D eigenvalue weighted by atomic mass is 127. The van der Waals surface area contributed by atoms with Crippen LogP contribution in [0.4, 0.5) is 8.78 Å². The second-order valence-electron chi connectivity index (χ2n) is 3.04. The Balaban J connectivity index is 3.34. The number of nitrogens with two attached hydrogens (primary N) is 1. The fourth-order valence-corrected chi connectivity index (χ4v) is 2.02. The highest BCUT2D eigenvalue weighted by molar-refractivity contribution is 14.1. The Morgan fingerprint density at radius 3 is 2.62 bits per heavy atom. The average molecular weight is 342 g/mol. The van der Waals surface area contributed by atoms with Crippen LogP contribution in [0, 0.1) is 3.70 Å². The van der Waals surface area contributed by atoms with Crippen LogP contribution in [0.25, 0.3) is 0 Å². The minimum absolute atomic E-state index is 0.00551. The van der Waals surface area contributed by atoms with Crippen LogP contribution in [0.3, 0.4) is 0 Å². The third-order valence-corrected chi connectivity index (χ3v) is 2.98. The quantitative estimate of drug-likeness (QED) is 0.645. The smallest absolute Gasteiger partial charge is 0.307 e. The first-order valence-electron chi connectivity index (χ1n) is 4.33. The van der Waals surface area contributed by atoms with Crippen LogP contribution in [0.2, 0.25) is 0 Å². The molecular formula is C9H9F2IN2O2. The van der Waals surface area contributed by atoms with Gasteiger partial charge in [0.15, 0.2) is 0 Å². The summed E-state index contributed by atoms with van der Waals surface area (Å²) in [5.41, 5.74) is 5.50. The largest absolute Gasteiger partial charge is 0.481 e. The van der Waals surface area contributed by atoms with Gasteiger partial charge in [0.2, 0.25) is 0 Å². The van der Waals surface area contributed by atoms with E-state index in [0.29, 0.717) is 9.26 Å². The lowest BCUT2D eigenvalue weighted by molar-refractivity contribution is -0.136. The SMILES string of the molecule is NCc1c(I)ncc(C(F)F)c1CC(=O)O. The summed E-state index contributed by atoms with van der Waals surface area (Å²) in [6.07, 6.45) is -2.21. The molecule has 0 bridgehead atoms. The fraction of sp³-hybridized carbons (Fsp3) is 0.333. The monoisotopic (exact) mass is 342 g/mol. The number of aromatic nitrogens is 1. The van der Waals surface area contributed by atoms with E-state index >= 15 is 0 Å². The molecule has 0 unspecified atom stereocenters. The van der Waals surface area contributed by atoms with E-state index in [1.54, 1.807) is 0 Å². The molecule has 0 aliphatic heterocycles. The van der Waals surface area contributed by atoms with Gasteiger partial charge in [-0.1, -0.05) is 0 Å². The second-order valence-corrected chi connectivity index (χ2v) is 4.06. The van der Waals surface area contributed by atoms with E-state index in [2.05, 4.69) is 4.98 Å². The van der Waals surface area contributed by atoms with E-state index in [9.17, 15) is 13.6 Å². The van der Waals surface area contributed by atoms with Crippen molar-refractivity contribution in [1.82, 2.24) is 4.98 Å². The Morgan fingerprint density at radius 1 is 1.56 bits per heavy atom. The molecule has 0 saturated heterocycles. The molecule has 0 aliphatic carbocycles. The maximum atomic E-state index is 12.6. The van der Waals surface area contributed by atoms with Gasteiger partial charge < -0.3 is 10.8 Å². The first-order valence-corrected chi connectivity index (χ1v) is 5.41. The first kappa shape index (κ1) is 13.2. The molecule has 1 aromatic rings. The normalized spacial score (nSPS) is 10.8. The van der Waals surface area contributed by atoms with Gasteiger partial charge in [0.25, 0.3) is 6.43 Å². The number of pyridine rings is 1. The Bertz CT molecular complexity index is 413. The van der Waals surface area contributed by atoms with Gasteiger partial charge in [0.05, 0.1) is 6.42 Å². The van der Waals surface area contributed by atoms with Gasteiger partial charge in [0, 0.05) is 23.9 Å². The predicted octanol–water partition coefficient (Wildman–Crippen LogP) is 1.71. The predicted molar refractivity (Wildman–Crippen MR) is 61.1 cm³/mol. The van der Waals surface area contributed by atoms with Crippen molar-refractivity contribution in [2.75, 3.05) is 0 Å². The van der Waals surface area contributed by atoms with Crippen molar-refractivity contribution in [3.63, 3.8) is 0 Å². The van der Waals surface area contributed by atoms with Crippen LogP contribution in [0.5, 0.6) is 0 Å². The van der Waals surface area contributed by atoms with Gasteiger partial charge in [0.1, 0.15) is 3.70 Å². The number of hydrogen-bond donors (Lipinski definition) is 2. The zero-order chi connectivity index (χ0) is 12.3. The summed E-state index contributed by atoms with van der Waals surface area (Å²) in [5, 5.41) is 8.68. The van der Waals surface area contributed by atoms with Crippen molar-refractivity contribution in [3.8, 4) is 0 Å². The van der Waals surface area contributed by atoms with Crippen molar-refractivity contribution in [3.05, 3.63) is 26.6 Å². The molecule has 4 nitrogen and oxygen atoms in total. The molecule has 0 radical (unpaired) electrons. The summed E-state index contributed by atoms with van der Waals surface area (Å²) in [4.78, 5) is 14.4. The number of carboxylic acids is 1. The number of alkyl halides is 2. The van der Waals surface area contributed by atoms with Crippen LogP contribution in [-0.2, 0) is 17.8 Å². The van der Waals surface area contributed by atoms with E-state index < -0.39 is 18.8 Å². The zero-order valence-electron chi connectivity index (χ0n) is 8.08. The standard InChI is InChI=1S/C9H9F2IN2O2/c10-8(11)6-3-14-9(12)5(2-13)4(6)1-7(15)16/h3,8H,1-2,13H2,(H,15,16). The fourth-order valence-electron chi connectivity index (χ4n) is 1.34. The molecule has 16 heavy (non-hydrogen) atoms. The number of carbonyl (C=O) groups is 1. The van der Waals surface area contributed by atoms with Gasteiger partial charge in [-0.3, -0.25) is 4.79 Å². The highest BCUT2D eigenvalue weighted by Gasteiger charge is 2.20. The van der Waals surface area contributed by atoms with Crippen LogP contribution in [0.1, 0.15) is 23.1 Å². The van der Waals surface area contributed by atoms with Gasteiger partial charge in [-0.15, -0.1) is 0 Å². The third-order valence-electron chi connectivity index (χ3n) is 2.05. The summed E-state index contributed by atoms with van der Waals surface area (Å²) < 4.78 is 25.8. The van der Waals surface area contributed by atoms with Gasteiger partial charge >= 0.3 is 5.97 Å². The molecule has 0 aromatic carbocycles. The first-order chi connectivity index (χ1) is 7.47. The maximum Gasteiger partial charge on any atom is 0.307 e. The molecule has 0 atom stereocenters. The highest BCUT2D eigenvalue weighted by Crippen LogP contribution is 2.27. The zero-order valence-corrected chi connectivity index (χ0v) is 10.2. The number of carboxylic acid groups (broad SMARTS) is 1. The molecule has 0 saturated carbocycles. The molecule has 1 heterocycles. The van der Waals surface area contributed by atoms with Gasteiger partial charge in [-0.2, -0.15) is 0 Å². The summed E-state index contributed by atoms with van der Waals surface area (Å²) in [6.45, 7) is -0.00551. The summed E-state index contributed by atoms with van der Waals surface area (Å²) in [7, 11) is 0. The second kappa shape index (κ2) is 5.48. The number of aliphatic carboxylic acids is 1. The number of rotatable bonds is 4. The van der Waals surface area contributed by atoms with E-state index in [-0.39, 0.29) is 17.7 Å². The minimum Gasteiger partial charge on any atom is -0.481 e. The number of hydrogen-bond acceptors (Lipinski definition) is 3. The van der Waals surface area contributed by atoms with Gasteiger partial charge in [-0.25, -0.2) is 13.8 Å². The lowest BCUT2D eigenvalue weighted by atomic mass is 10.0. The molecule has 0 amide bonds. The van der Waals surface area contributed by atoms with E-state index in [4.69, 9.17) is 10.8 Å². The van der Waals surface area contributed by atoms with Crippen LogP contribution < -0.4 is 5.73 Å². The van der Waals surface area contributed by atoms with Crippen LogP contribution in [-0.4, -0.2) is 16.1 Å². The van der Waals surface area contributed by atoms with E-state index in [1.807, 2.05) is 22.6 Å². The molecule has 1 aromatic heterocycles. The molecule has 0 aliphatic rings. The van der Waals surface area contributed by atoms with Crippen molar-refractivity contribution in [2.45, 2.75) is 19.4 Å². The summed E-state index contributed by atoms with van der Waals surface area (Å²) in [5.74, 6) is -1.17. The minimum atomic E-state index is -2.75. The lowest BCUT2D eigenvalue weighted by Crippen LogP contribution is -2.13. The Morgan fingerprint density at radius 2 is 2.19 bits per heavy atom. The lowest BCUT2D eigenvalue weighted by Gasteiger charge is -2.12. The Labute approximate surface area is 104 Å². The van der Waals surface area contributed by atoms with Crippen molar-refractivity contribution in [2.24, 2.45) is 5.73 Å². The van der Waals surface area contributed by atoms with Crippen LogP contribution in [0.15, 0.2) is 6.20 Å². The van der Waals surface area contributed by atoms with E-state index in [1.165, 1.54) is 0 Å². The molecule has 0 spiro atoms.